The molecule has 0 spiro atoms. The van der Waals surface area contributed by atoms with Gasteiger partial charge in [0.15, 0.2) is 11.6 Å². The van der Waals surface area contributed by atoms with Crippen LogP contribution in [0.2, 0.25) is 0 Å². The van der Waals surface area contributed by atoms with Gasteiger partial charge < -0.3 is 15.1 Å². The summed E-state index contributed by atoms with van der Waals surface area (Å²) >= 11 is 0. The number of rotatable bonds is 7. The highest BCUT2D eigenvalue weighted by atomic mass is 31.2. The van der Waals surface area contributed by atoms with Crippen molar-refractivity contribution in [3.05, 3.63) is 23.8 Å². The van der Waals surface area contributed by atoms with Crippen molar-refractivity contribution in [3.63, 3.8) is 0 Å². The largest absolute Gasteiger partial charge is 0.472 e. The number of fused-ring (bicyclic) bond motifs is 5. The molecular formula is C25H34NO8P. The van der Waals surface area contributed by atoms with Crippen molar-refractivity contribution in [1.29, 1.82) is 5.26 Å². The fourth-order valence-corrected chi connectivity index (χ4v) is 8.39. The number of ketones is 2. The third kappa shape index (κ3) is 4.19. The highest BCUT2D eigenvalue weighted by Gasteiger charge is 2.68. The Hall–Kier alpha value is -1.66. The number of Topliss-reactive ketones (excluding diaryl/α,β-unsaturated/α-hetero) is 1. The van der Waals surface area contributed by atoms with E-state index in [1.54, 1.807) is 18.2 Å². The van der Waals surface area contributed by atoms with Gasteiger partial charge in [-0.05, 0) is 55.6 Å². The fourth-order valence-electron chi connectivity index (χ4n) is 7.72. The first-order valence-corrected chi connectivity index (χ1v) is 13.7. The molecule has 4 aliphatic rings. The third-order valence-electron chi connectivity index (χ3n) is 9.26. The van der Waals surface area contributed by atoms with Crippen LogP contribution in [0.3, 0.4) is 0 Å². The van der Waals surface area contributed by atoms with Crippen LogP contribution in [-0.2, 0) is 23.2 Å². The number of nitriles is 1. The Morgan fingerprint density at radius 2 is 2.06 bits per heavy atom. The molecule has 3 fully saturated rings. The minimum absolute atomic E-state index is 0.0275. The molecule has 0 aromatic heterocycles. The summed E-state index contributed by atoms with van der Waals surface area (Å²) in [6.07, 6.45) is 5.93. The zero-order chi connectivity index (χ0) is 25.8. The molecule has 4 aliphatic carbocycles. The molecule has 9 atom stereocenters. The van der Waals surface area contributed by atoms with E-state index in [1.165, 1.54) is 0 Å². The number of carbonyl (C=O) groups is 2. The van der Waals surface area contributed by atoms with Crippen LogP contribution in [0.5, 0.6) is 0 Å². The van der Waals surface area contributed by atoms with Crippen molar-refractivity contribution >= 4 is 19.4 Å². The summed E-state index contributed by atoms with van der Waals surface area (Å²) in [4.78, 5) is 35.1. The van der Waals surface area contributed by atoms with Crippen molar-refractivity contribution in [2.45, 2.75) is 64.6 Å². The van der Waals surface area contributed by atoms with E-state index >= 15 is 0 Å². The van der Waals surface area contributed by atoms with Gasteiger partial charge in [0, 0.05) is 16.7 Å². The van der Waals surface area contributed by atoms with Crippen LogP contribution in [0.15, 0.2) is 23.8 Å². The summed E-state index contributed by atoms with van der Waals surface area (Å²) in [5.74, 6) is -0.818. The molecule has 0 aromatic carbocycles. The van der Waals surface area contributed by atoms with Crippen LogP contribution in [0.1, 0.15) is 52.9 Å². The van der Waals surface area contributed by atoms with Gasteiger partial charge in [-0.3, -0.25) is 18.6 Å². The highest BCUT2D eigenvalue weighted by molar-refractivity contribution is 7.47. The first-order chi connectivity index (χ1) is 16.3. The Bertz CT molecular complexity index is 1060. The average molecular weight is 508 g/mol. The topological polar surface area (TPSA) is 154 Å². The summed E-state index contributed by atoms with van der Waals surface area (Å²) in [7, 11) is -4.55. The Morgan fingerprint density at radius 3 is 2.74 bits per heavy atom. The van der Waals surface area contributed by atoms with E-state index in [2.05, 4.69) is 18.4 Å². The molecule has 3 saturated carbocycles. The van der Waals surface area contributed by atoms with Gasteiger partial charge in [0.2, 0.25) is 0 Å². The van der Waals surface area contributed by atoms with Crippen LogP contribution in [0.25, 0.3) is 0 Å². The first-order valence-electron chi connectivity index (χ1n) is 12.2. The summed E-state index contributed by atoms with van der Waals surface area (Å²) < 4.78 is 21.6. The smallest absolute Gasteiger partial charge is 0.393 e. The molecular weight excluding hydrogens is 473 g/mol. The second-order valence-electron chi connectivity index (χ2n) is 11.0. The van der Waals surface area contributed by atoms with E-state index in [1.807, 2.05) is 13.0 Å². The van der Waals surface area contributed by atoms with Crippen molar-refractivity contribution < 1.29 is 38.3 Å². The maximum absolute atomic E-state index is 13.2. The summed E-state index contributed by atoms with van der Waals surface area (Å²) in [6.45, 7) is 4.84. The van der Waals surface area contributed by atoms with Gasteiger partial charge in [-0.2, -0.15) is 5.26 Å². The van der Waals surface area contributed by atoms with Crippen LogP contribution in [0.4, 0.5) is 0 Å². The average Bonchev–Trinajstić information content (AvgIpc) is 3.04. The lowest BCUT2D eigenvalue weighted by atomic mass is 9.45. The van der Waals surface area contributed by atoms with Crippen LogP contribution < -0.4 is 0 Å². The number of nitrogens with zero attached hydrogens (tertiary/aromatic N) is 1. The molecule has 0 aromatic rings. The van der Waals surface area contributed by atoms with E-state index < -0.39 is 42.7 Å². The predicted molar refractivity (Wildman–Crippen MR) is 124 cm³/mol. The zero-order valence-electron chi connectivity index (χ0n) is 20.3. The molecule has 9 nitrogen and oxygen atoms in total. The lowest BCUT2D eigenvalue weighted by Crippen LogP contribution is -2.62. The number of hydrogen-bond donors (Lipinski definition) is 3. The monoisotopic (exact) mass is 507 g/mol. The van der Waals surface area contributed by atoms with Crippen LogP contribution in [0, 0.1) is 45.8 Å². The molecule has 0 heterocycles. The van der Waals surface area contributed by atoms with Crippen LogP contribution in [-0.4, -0.2) is 51.6 Å². The Morgan fingerprint density at radius 1 is 1.34 bits per heavy atom. The number of phosphoric acid groups is 1. The Balaban J connectivity index is 1.57. The Kier molecular flexibility index (Phi) is 6.81. The van der Waals surface area contributed by atoms with Gasteiger partial charge in [-0.25, -0.2) is 4.57 Å². The molecule has 0 aliphatic heterocycles. The number of hydrogen-bond acceptors (Lipinski definition) is 8. The van der Waals surface area contributed by atoms with Gasteiger partial charge in [0.25, 0.3) is 0 Å². The van der Waals surface area contributed by atoms with E-state index in [9.17, 15) is 29.3 Å². The number of allylic oxidation sites excluding steroid dienone is 4. The third-order valence-corrected chi connectivity index (χ3v) is 10.2. The molecule has 0 amide bonds. The maximum atomic E-state index is 13.2. The first kappa shape index (κ1) is 26.4. The molecule has 192 valence electrons. The van der Waals surface area contributed by atoms with Crippen LogP contribution >= 0.6 is 7.82 Å². The van der Waals surface area contributed by atoms with E-state index in [4.69, 9.17) is 9.79 Å². The van der Waals surface area contributed by atoms with E-state index in [-0.39, 0.29) is 55.3 Å². The molecule has 0 saturated heterocycles. The van der Waals surface area contributed by atoms with E-state index in [0.29, 0.717) is 6.42 Å². The normalized spacial score (nSPS) is 43.9. The molecule has 3 N–H and O–H groups in total. The highest BCUT2D eigenvalue weighted by Crippen LogP contribution is 2.67. The molecule has 0 bridgehead atoms. The second-order valence-corrected chi connectivity index (χ2v) is 12.5. The standard InChI is InChI=1S/C25H34NO8P/c1-15-11-17-18-6-8-25(30,21(29)14-34-35(31,32)33-10-4-9-26)24(18,3)13-20(28)22(17)23(2)7-5-16(27)12-19(15)23/h5,7,12,15,17-18,20,22,28,30H,4,6,8,10-11,13-14H2,1-3H3,(H,31,32)/t15-,17-,18-,20-,22+,23-,24-,25-/m0/s1. The summed E-state index contributed by atoms with van der Waals surface area (Å²) in [5, 5.41) is 31.6. The molecule has 10 heteroatoms. The lowest BCUT2D eigenvalue weighted by molar-refractivity contribution is -0.180. The maximum Gasteiger partial charge on any atom is 0.472 e. The minimum atomic E-state index is -4.55. The van der Waals surface area contributed by atoms with Gasteiger partial charge in [-0.15, -0.1) is 0 Å². The number of phosphoric ester groups is 1. The zero-order valence-corrected chi connectivity index (χ0v) is 21.2. The minimum Gasteiger partial charge on any atom is -0.393 e. The second kappa shape index (κ2) is 9.02. The fraction of sp³-hybridized carbons (Fsp3) is 0.720. The molecule has 0 radical (unpaired) electrons. The van der Waals surface area contributed by atoms with Gasteiger partial charge >= 0.3 is 7.82 Å². The van der Waals surface area contributed by atoms with Crippen molar-refractivity contribution in [3.8, 4) is 6.07 Å². The summed E-state index contributed by atoms with van der Waals surface area (Å²) in [6, 6.07) is 1.78. The van der Waals surface area contributed by atoms with Crippen molar-refractivity contribution in [2.75, 3.05) is 13.2 Å². The van der Waals surface area contributed by atoms with Crippen molar-refractivity contribution in [2.24, 2.45) is 34.5 Å². The summed E-state index contributed by atoms with van der Waals surface area (Å²) in [5.41, 5.74) is -2.22. The number of aliphatic hydroxyl groups excluding tert-OH is 1. The van der Waals surface area contributed by atoms with Gasteiger partial charge in [-0.1, -0.05) is 32.4 Å². The van der Waals surface area contributed by atoms with E-state index in [0.717, 1.165) is 12.0 Å². The number of carbonyl (C=O) groups excluding carboxylic acids is 2. The quantitative estimate of drug-likeness (QED) is 0.348. The molecule has 4 rings (SSSR count). The predicted octanol–water partition coefficient (Wildman–Crippen LogP) is 2.86. The van der Waals surface area contributed by atoms with Gasteiger partial charge in [0.1, 0.15) is 12.2 Å². The molecule has 1 unspecified atom stereocenters. The lowest BCUT2D eigenvalue weighted by Gasteiger charge is -2.60. The van der Waals surface area contributed by atoms with Gasteiger partial charge in [0.05, 0.1) is 25.2 Å². The number of aliphatic hydroxyl groups is 2. The Labute approximate surface area is 205 Å². The molecule has 35 heavy (non-hydrogen) atoms. The van der Waals surface area contributed by atoms with Crippen molar-refractivity contribution in [1.82, 2.24) is 0 Å². The SMILES string of the molecule is C[C@H]1C[C@@H]2[C@H]([C@@H](O)C[C@@]3(C)[C@H]2CC[C@]3(O)C(=O)COP(=O)(O)OCCC#N)[C@@]2(C)C=CC(=O)C=C12.